The topological polar surface area (TPSA) is 86.5 Å². The van der Waals surface area contributed by atoms with Crippen LogP contribution in [0.1, 0.15) is 45.4 Å². The Morgan fingerprint density at radius 1 is 1.32 bits per heavy atom. The minimum Gasteiger partial charge on any atom is -0.460 e. The van der Waals surface area contributed by atoms with Crippen molar-refractivity contribution in [3.05, 3.63) is 10.1 Å². The van der Waals surface area contributed by atoms with Gasteiger partial charge in [0, 0.05) is 17.3 Å². The Morgan fingerprint density at radius 2 is 1.95 bits per heavy atom. The second-order valence-electron chi connectivity index (χ2n) is 5.02. The Bertz CT molecular complexity index is 336. The van der Waals surface area contributed by atoms with Crippen molar-refractivity contribution in [2.24, 2.45) is 11.8 Å². The van der Waals surface area contributed by atoms with E-state index in [9.17, 15) is 19.7 Å². The molecule has 19 heavy (non-hydrogen) atoms. The molecule has 1 atom stereocenters. The van der Waals surface area contributed by atoms with Gasteiger partial charge >= 0.3 is 5.97 Å². The fraction of sp³-hybridized carbons (Fsp3) is 0.846. The number of carbonyl (C=O) groups is 2. The molecule has 1 aliphatic carbocycles. The number of hydrogen-bond acceptors (Lipinski definition) is 5. The van der Waals surface area contributed by atoms with Crippen LogP contribution in [0.25, 0.3) is 0 Å². The molecule has 6 heteroatoms. The SMILES string of the molecule is CCOC(=O)C(=O)C[C@@H](C[N+](=O)[O-])C1CCCCC1. The number of nitro groups is 1. The van der Waals surface area contributed by atoms with Gasteiger partial charge in [-0.3, -0.25) is 14.9 Å². The molecular weight excluding hydrogens is 250 g/mol. The highest BCUT2D eigenvalue weighted by Gasteiger charge is 2.31. The number of rotatable bonds is 7. The summed E-state index contributed by atoms with van der Waals surface area (Å²) in [4.78, 5) is 33.3. The average Bonchev–Trinajstić information content (AvgIpc) is 2.38. The normalized spacial score (nSPS) is 17.7. The van der Waals surface area contributed by atoms with Crippen molar-refractivity contribution >= 4 is 11.8 Å². The molecule has 0 N–H and O–H groups in total. The van der Waals surface area contributed by atoms with E-state index < -0.39 is 16.7 Å². The van der Waals surface area contributed by atoms with Crippen molar-refractivity contribution in [1.82, 2.24) is 0 Å². The Morgan fingerprint density at radius 3 is 2.47 bits per heavy atom. The summed E-state index contributed by atoms with van der Waals surface area (Å²) in [5, 5.41) is 10.7. The molecule has 6 nitrogen and oxygen atoms in total. The van der Waals surface area contributed by atoms with Gasteiger partial charge in [-0.05, 0) is 25.7 Å². The zero-order valence-corrected chi connectivity index (χ0v) is 11.3. The minimum absolute atomic E-state index is 0.0650. The van der Waals surface area contributed by atoms with Gasteiger partial charge in [-0.1, -0.05) is 19.3 Å². The highest BCUT2D eigenvalue weighted by molar-refractivity contribution is 6.33. The first-order valence-electron chi connectivity index (χ1n) is 6.86. The van der Waals surface area contributed by atoms with Crippen LogP contribution in [-0.4, -0.2) is 29.8 Å². The maximum absolute atomic E-state index is 11.7. The Labute approximate surface area is 112 Å². The summed E-state index contributed by atoms with van der Waals surface area (Å²) in [5.41, 5.74) is 0. The largest absolute Gasteiger partial charge is 0.460 e. The number of carbonyl (C=O) groups excluding carboxylic acids is 2. The number of esters is 1. The molecule has 0 bridgehead atoms. The van der Waals surface area contributed by atoms with Gasteiger partial charge in [0.1, 0.15) is 0 Å². The molecule has 0 aliphatic heterocycles. The fourth-order valence-corrected chi connectivity index (χ4v) is 2.71. The van der Waals surface area contributed by atoms with Crippen LogP contribution in [0, 0.1) is 22.0 Å². The lowest BCUT2D eigenvalue weighted by Gasteiger charge is -2.27. The molecule has 1 aliphatic rings. The summed E-state index contributed by atoms with van der Waals surface area (Å²) in [7, 11) is 0. The molecule has 0 spiro atoms. The number of nitrogens with zero attached hydrogens (tertiary/aromatic N) is 1. The van der Waals surface area contributed by atoms with E-state index in [2.05, 4.69) is 4.74 Å². The molecule has 0 saturated heterocycles. The standard InChI is InChI=1S/C13H21NO5/c1-2-19-13(16)12(15)8-11(9-14(17)18)10-6-4-3-5-7-10/h10-11H,2-9H2,1H3/t11-/m0/s1. The van der Waals surface area contributed by atoms with Gasteiger partial charge in [-0.15, -0.1) is 0 Å². The summed E-state index contributed by atoms with van der Waals surface area (Å²) in [6.45, 7) is 1.53. The summed E-state index contributed by atoms with van der Waals surface area (Å²) in [5.74, 6) is -1.67. The predicted octanol–water partition coefficient (Wildman–Crippen LogP) is 1.98. The maximum Gasteiger partial charge on any atom is 0.374 e. The lowest BCUT2D eigenvalue weighted by molar-refractivity contribution is -0.490. The third kappa shape index (κ3) is 5.36. The average molecular weight is 271 g/mol. The third-order valence-corrected chi connectivity index (χ3v) is 3.65. The first-order chi connectivity index (χ1) is 9.04. The molecule has 0 amide bonds. The van der Waals surface area contributed by atoms with Gasteiger partial charge in [-0.25, -0.2) is 4.79 Å². The highest BCUT2D eigenvalue weighted by Crippen LogP contribution is 2.32. The van der Waals surface area contributed by atoms with Crippen molar-refractivity contribution in [2.75, 3.05) is 13.2 Å². The van der Waals surface area contributed by atoms with E-state index in [-0.39, 0.29) is 31.4 Å². The van der Waals surface area contributed by atoms with Crippen LogP contribution in [0.2, 0.25) is 0 Å². The lowest BCUT2D eigenvalue weighted by Crippen LogP contribution is -2.30. The van der Waals surface area contributed by atoms with Crippen LogP contribution in [0.4, 0.5) is 0 Å². The first-order valence-corrected chi connectivity index (χ1v) is 6.86. The Kier molecular flexibility index (Phi) is 6.45. The van der Waals surface area contributed by atoms with Gasteiger partial charge in [0.15, 0.2) is 0 Å². The van der Waals surface area contributed by atoms with Crippen LogP contribution >= 0.6 is 0 Å². The number of ketones is 1. The molecule has 0 aromatic carbocycles. The summed E-state index contributed by atoms with van der Waals surface area (Å²) in [6, 6.07) is 0. The van der Waals surface area contributed by atoms with Crippen molar-refractivity contribution in [2.45, 2.75) is 45.4 Å². The van der Waals surface area contributed by atoms with Crippen molar-refractivity contribution in [3.8, 4) is 0 Å². The molecule has 0 unspecified atom stereocenters. The van der Waals surface area contributed by atoms with E-state index >= 15 is 0 Å². The van der Waals surface area contributed by atoms with Gasteiger partial charge in [0.2, 0.25) is 12.3 Å². The molecule has 1 fully saturated rings. The molecule has 0 heterocycles. The molecule has 0 radical (unpaired) electrons. The lowest BCUT2D eigenvalue weighted by atomic mass is 9.78. The molecule has 0 aromatic rings. The molecule has 108 valence electrons. The summed E-state index contributed by atoms with van der Waals surface area (Å²) < 4.78 is 4.64. The maximum atomic E-state index is 11.7. The van der Waals surface area contributed by atoms with Gasteiger partial charge in [0.05, 0.1) is 6.61 Å². The zero-order valence-electron chi connectivity index (χ0n) is 11.3. The smallest absolute Gasteiger partial charge is 0.374 e. The molecular formula is C13H21NO5. The predicted molar refractivity (Wildman–Crippen MR) is 68.2 cm³/mol. The number of Topliss-reactive ketones (excluding diaryl/α,β-unsaturated/α-hetero) is 1. The van der Waals surface area contributed by atoms with E-state index in [1.54, 1.807) is 6.92 Å². The number of ether oxygens (including phenoxy) is 1. The van der Waals surface area contributed by atoms with E-state index in [0.717, 1.165) is 32.1 Å². The van der Waals surface area contributed by atoms with Gasteiger partial charge in [0.25, 0.3) is 0 Å². The zero-order chi connectivity index (χ0) is 14.3. The van der Waals surface area contributed by atoms with Crippen LogP contribution in [-0.2, 0) is 14.3 Å². The van der Waals surface area contributed by atoms with Crippen LogP contribution in [0.5, 0.6) is 0 Å². The fourth-order valence-electron chi connectivity index (χ4n) is 2.71. The van der Waals surface area contributed by atoms with Crippen LogP contribution in [0.3, 0.4) is 0 Å². The van der Waals surface area contributed by atoms with E-state index in [1.807, 2.05) is 0 Å². The summed E-state index contributed by atoms with van der Waals surface area (Å²) in [6.07, 6.45) is 5.00. The van der Waals surface area contributed by atoms with Gasteiger partial charge < -0.3 is 4.74 Å². The number of hydrogen-bond donors (Lipinski definition) is 0. The van der Waals surface area contributed by atoms with Crippen molar-refractivity contribution in [1.29, 1.82) is 0 Å². The Balaban J connectivity index is 2.60. The van der Waals surface area contributed by atoms with Crippen molar-refractivity contribution in [3.63, 3.8) is 0 Å². The first kappa shape index (κ1) is 15.6. The monoisotopic (exact) mass is 271 g/mol. The van der Waals surface area contributed by atoms with Crippen LogP contribution < -0.4 is 0 Å². The molecule has 1 rings (SSSR count). The third-order valence-electron chi connectivity index (χ3n) is 3.65. The van der Waals surface area contributed by atoms with Gasteiger partial charge in [-0.2, -0.15) is 0 Å². The highest BCUT2D eigenvalue weighted by atomic mass is 16.6. The Hall–Kier alpha value is -1.46. The minimum atomic E-state index is -0.869. The van der Waals surface area contributed by atoms with E-state index in [4.69, 9.17) is 0 Å². The van der Waals surface area contributed by atoms with Crippen LogP contribution in [0.15, 0.2) is 0 Å². The molecule has 1 saturated carbocycles. The second-order valence-corrected chi connectivity index (χ2v) is 5.02. The van der Waals surface area contributed by atoms with E-state index in [1.165, 1.54) is 0 Å². The molecule has 0 aromatic heterocycles. The quantitative estimate of drug-likeness (QED) is 0.306. The van der Waals surface area contributed by atoms with E-state index in [0.29, 0.717) is 0 Å². The second kappa shape index (κ2) is 7.86. The summed E-state index contributed by atoms with van der Waals surface area (Å²) >= 11 is 0. The van der Waals surface area contributed by atoms with Crippen molar-refractivity contribution < 1.29 is 19.2 Å².